The Morgan fingerprint density at radius 2 is 2.44 bits per heavy atom. The van der Waals surface area contributed by atoms with Gasteiger partial charge in [0.05, 0.1) is 24.6 Å². The van der Waals surface area contributed by atoms with Crippen LogP contribution in [-0.2, 0) is 0 Å². The van der Waals surface area contributed by atoms with Gasteiger partial charge in [-0.1, -0.05) is 11.6 Å². The van der Waals surface area contributed by atoms with Crippen LogP contribution >= 0.6 is 11.6 Å². The fourth-order valence-corrected chi connectivity index (χ4v) is 2.41. The van der Waals surface area contributed by atoms with Crippen molar-refractivity contribution < 1.29 is 4.74 Å². The molecule has 0 aliphatic carbocycles. The maximum atomic E-state index is 8.74. The Hall–Kier alpha value is -1.44. The number of halogens is 1. The summed E-state index contributed by atoms with van der Waals surface area (Å²) in [6, 6.07) is 8.22. The standard InChI is InChI=1S/C13H16ClN3O/c1-18-13-3-2-11(8-12(13)14)17-7-6-16-10(9-17)4-5-15/h2-3,8,10,16H,4,6-7,9H2,1H3. The molecular formula is C13H16ClN3O. The van der Waals surface area contributed by atoms with Crippen molar-refractivity contribution >= 4 is 17.3 Å². The second kappa shape index (κ2) is 5.94. The molecule has 1 aromatic rings. The number of hydrogen-bond donors (Lipinski definition) is 1. The SMILES string of the molecule is COc1ccc(N2CCNC(CC#N)C2)cc1Cl. The Kier molecular flexibility index (Phi) is 4.29. The molecular weight excluding hydrogens is 250 g/mol. The van der Waals surface area contributed by atoms with Crippen molar-refractivity contribution in [2.24, 2.45) is 0 Å². The number of methoxy groups -OCH3 is 1. The molecule has 1 heterocycles. The van der Waals surface area contributed by atoms with E-state index < -0.39 is 0 Å². The van der Waals surface area contributed by atoms with Crippen molar-refractivity contribution in [3.8, 4) is 11.8 Å². The Labute approximate surface area is 112 Å². The smallest absolute Gasteiger partial charge is 0.137 e. The van der Waals surface area contributed by atoms with E-state index in [4.69, 9.17) is 21.6 Å². The van der Waals surface area contributed by atoms with Crippen LogP contribution in [-0.4, -0.2) is 32.8 Å². The van der Waals surface area contributed by atoms with Crippen molar-refractivity contribution in [3.63, 3.8) is 0 Å². The highest BCUT2D eigenvalue weighted by Crippen LogP contribution is 2.29. The van der Waals surface area contributed by atoms with Gasteiger partial charge in [0.25, 0.3) is 0 Å². The van der Waals surface area contributed by atoms with Crippen LogP contribution in [0.1, 0.15) is 6.42 Å². The quantitative estimate of drug-likeness (QED) is 0.909. The van der Waals surface area contributed by atoms with Crippen molar-refractivity contribution in [1.82, 2.24) is 5.32 Å². The van der Waals surface area contributed by atoms with Crippen LogP contribution < -0.4 is 15.0 Å². The highest BCUT2D eigenvalue weighted by Gasteiger charge is 2.19. The van der Waals surface area contributed by atoms with Gasteiger partial charge in [-0.2, -0.15) is 5.26 Å². The molecule has 0 spiro atoms. The fraction of sp³-hybridized carbons (Fsp3) is 0.462. The van der Waals surface area contributed by atoms with E-state index in [1.54, 1.807) is 7.11 Å². The molecule has 1 atom stereocenters. The number of rotatable bonds is 3. The van der Waals surface area contributed by atoms with Crippen LogP contribution in [0.4, 0.5) is 5.69 Å². The Morgan fingerprint density at radius 1 is 1.61 bits per heavy atom. The highest BCUT2D eigenvalue weighted by atomic mass is 35.5. The second-order valence-corrected chi connectivity index (χ2v) is 4.69. The van der Waals surface area contributed by atoms with Crippen molar-refractivity contribution in [3.05, 3.63) is 23.2 Å². The molecule has 96 valence electrons. The summed E-state index contributed by atoms with van der Waals surface area (Å²) in [5.74, 6) is 0.684. The molecule has 1 N–H and O–H groups in total. The van der Waals surface area contributed by atoms with Crippen LogP contribution in [0.3, 0.4) is 0 Å². The van der Waals surface area contributed by atoms with Gasteiger partial charge in [-0.05, 0) is 18.2 Å². The summed E-state index contributed by atoms with van der Waals surface area (Å²) in [4.78, 5) is 2.24. The summed E-state index contributed by atoms with van der Waals surface area (Å²) in [5.41, 5.74) is 1.07. The molecule has 0 amide bonds. The number of nitrogens with one attached hydrogen (secondary N) is 1. The zero-order chi connectivity index (χ0) is 13.0. The van der Waals surface area contributed by atoms with Crippen LogP contribution in [0, 0.1) is 11.3 Å². The van der Waals surface area contributed by atoms with Gasteiger partial charge >= 0.3 is 0 Å². The molecule has 1 fully saturated rings. The summed E-state index contributed by atoms with van der Waals surface area (Å²) in [6.07, 6.45) is 0.528. The predicted molar refractivity (Wildman–Crippen MR) is 72.2 cm³/mol. The Morgan fingerprint density at radius 3 is 3.11 bits per heavy atom. The molecule has 0 bridgehead atoms. The summed E-state index contributed by atoms with van der Waals surface area (Å²) in [5, 5.41) is 12.7. The van der Waals surface area contributed by atoms with Gasteiger partial charge in [-0.15, -0.1) is 0 Å². The predicted octanol–water partition coefficient (Wildman–Crippen LogP) is 2.04. The van der Waals surface area contributed by atoms with Gasteiger partial charge in [0.1, 0.15) is 5.75 Å². The van der Waals surface area contributed by atoms with Crippen LogP contribution in [0.2, 0.25) is 5.02 Å². The first-order chi connectivity index (χ1) is 8.74. The first kappa shape index (κ1) is 13.0. The number of piperazine rings is 1. The van der Waals surface area contributed by atoms with Crippen molar-refractivity contribution in [2.45, 2.75) is 12.5 Å². The largest absolute Gasteiger partial charge is 0.495 e. The van der Waals surface area contributed by atoms with Crippen molar-refractivity contribution in [2.75, 3.05) is 31.6 Å². The summed E-state index contributed by atoms with van der Waals surface area (Å²) < 4.78 is 5.14. The summed E-state index contributed by atoms with van der Waals surface area (Å²) >= 11 is 6.13. The summed E-state index contributed by atoms with van der Waals surface area (Å²) in [6.45, 7) is 2.64. The number of ether oxygens (including phenoxy) is 1. The van der Waals surface area contributed by atoms with E-state index in [-0.39, 0.29) is 6.04 Å². The number of nitrogens with zero attached hydrogens (tertiary/aromatic N) is 2. The first-order valence-corrected chi connectivity index (χ1v) is 6.31. The monoisotopic (exact) mass is 265 g/mol. The molecule has 4 nitrogen and oxygen atoms in total. The molecule has 0 aromatic heterocycles. The molecule has 1 aromatic carbocycles. The van der Waals surface area contributed by atoms with Gasteiger partial charge in [-0.3, -0.25) is 0 Å². The van der Waals surface area contributed by atoms with Gasteiger partial charge in [0, 0.05) is 31.4 Å². The normalized spacial score (nSPS) is 19.4. The average molecular weight is 266 g/mol. The van der Waals surface area contributed by atoms with Crippen LogP contribution in [0.25, 0.3) is 0 Å². The van der Waals surface area contributed by atoms with E-state index in [9.17, 15) is 0 Å². The fourth-order valence-electron chi connectivity index (χ4n) is 2.16. The zero-order valence-electron chi connectivity index (χ0n) is 10.3. The lowest BCUT2D eigenvalue weighted by Crippen LogP contribution is -2.50. The summed E-state index contributed by atoms with van der Waals surface area (Å²) in [7, 11) is 1.61. The molecule has 1 aliphatic heterocycles. The van der Waals surface area contributed by atoms with Gasteiger partial charge in [0.2, 0.25) is 0 Å². The Bertz CT molecular complexity index is 458. The number of benzene rings is 1. The molecule has 1 aliphatic rings. The number of nitriles is 1. The third kappa shape index (κ3) is 2.87. The molecule has 0 radical (unpaired) electrons. The maximum Gasteiger partial charge on any atom is 0.137 e. The molecule has 0 saturated carbocycles. The number of hydrogen-bond acceptors (Lipinski definition) is 4. The van der Waals surface area contributed by atoms with E-state index in [1.807, 2.05) is 18.2 Å². The van der Waals surface area contributed by atoms with Crippen molar-refractivity contribution in [1.29, 1.82) is 5.26 Å². The lowest BCUT2D eigenvalue weighted by molar-refractivity contribution is 0.415. The van der Waals surface area contributed by atoms with E-state index in [1.165, 1.54) is 0 Å². The first-order valence-electron chi connectivity index (χ1n) is 5.93. The Balaban J connectivity index is 2.11. The third-order valence-electron chi connectivity index (χ3n) is 3.09. The maximum absolute atomic E-state index is 8.74. The van der Waals surface area contributed by atoms with Crippen LogP contribution in [0.5, 0.6) is 5.75 Å². The molecule has 2 rings (SSSR count). The van der Waals surface area contributed by atoms with Gasteiger partial charge in [-0.25, -0.2) is 0 Å². The van der Waals surface area contributed by atoms with E-state index in [2.05, 4.69) is 16.3 Å². The van der Waals surface area contributed by atoms with Crippen LogP contribution in [0.15, 0.2) is 18.2 Å². The van der Waals surface area contributed by atoms with E-state index in [0.29, 0.717) is 17.2 Å². The zero-order valence-corrected chi connectivity index (χ0v) is 11.1. The highest BCUT2D eigenvalue weighted by molar-refractivity contribution is 6.32. The topological polar surface area (TPSA) is 48.3 Å². The third-order valence-corrected chi connectivity index (χ3v) is 3.39. The van der Waals surface area contributed by atoms with Gasteiger partial charge in [0.15, 0.2) is 0 Å². The molecule has 1 saturated heterocycles. The molecule has 18 heavy (non-hydrogen) atoms. The molecule has 1 unspecified atom stereocenters. The number of anilines is 1. The lowest BCUT2D eigenvalue weighted by Gasteiger charge is -2.34. The van der Waals surface area contributed by atoms with E-state index >= 15 is 0 Å². The second-order valence-electron chi connectivity index (χ2n) is 4.28. The minimum absolute atomic E-state index is 0.227. The minimum Gasteiger partial charge on any atom is -0.495 e. The minimum atomic E-state index is 0.227. The van der Waals surface area contributed by atoms with Gasteiger partial charge < -0.3 is 15.0 Å². The molecule has 5 heteroatoms. The van der Waals surface area contributed by atoms with E-state index in [0.717, 1.165) is 25.3 Å². The lowest BCUT2D eigenvalue weighted by atomic mass is 10.1. The average Bonchev–Trinajstić information content (AvgIpc) is 2.39.